The fourth-order valence-electron chi connectivity index (χ4n) is 3.04. The number of aromatic nitrogens is 1. The molecule has 2 aromatic rings. The van der Waals surface area contributed by atoms with E-state index in [0.717, 1.165) is 31.6 Å². The molecule has 26 heavy (non-hydrogen) atoms. The van der Waals surface area contributed by atoms with Crippen LogP contribution < -0.4 is 0 Å². The van der Waals surface area contributed by atoms with Crippen molar-refractivity contribution in [3.63, 3.8) is 0 Å². The molecule has 0 spiro atoms. The lowest BCUT2D eigenvalue weighted by Gasteiger charge is -2.32. The Kier molecular flexibility index (Phi) is 6.75. The van der Waals surface area contributed by atoms with Crippen LogP contribution >= 0.6 is 0 Å². The molecule has 0 atom stereocenters. The molecular formula is C21H26N2O3. The smallest absolute Gasteiger partial charge is 0.255 e. The summed E-state index contributed by atoms with van der Waals surface area (Å²) in [6.45, 7) is 5.16. The molecule has 0 unspecified atom stereocenters. The molecule has 0 bridgehead atoms. The van der Waals surface area contributed by atoms with Gasteiger partial charge in [-0.15, -0.1) is 0 Å². The first-order valence-corrected chi connectivity index (χ1v) is 9.17. The predicted octanol–water partition coefficient (Wildman–Crippen LogP) is 3.23. The number of carbonyl (C=O) groups is 1. The summed E-state index contributed by atoms with van der Waals surface area (Å²) in [5.41, 5.74) is 2.75. The van der Waals surface area contributed by atoms with Crippen molar-refractivity contribution in [2.24, 2.45) is 0 Å². The number of hydrogen-bond acceptors (Lipinski definition) is 4. The molecule has 1 aromatic carbocycles. The Balaban J connectivity index is 1.32. The van der Waals surface area contributed by atoms with Crippen molar-refractivity contribution >= 4 is 5.91 Å². The topological polar surface area (TPSA) is 51.7 Å². The lowest BCUT2D eigenvalue weighted by molar-refractivity contribution is -0.0229. The number of pyridine rings is 1. The van der Waals surface area contributed by atoms with Crippen molar-refractivity contribution in [3.05, 3.63) is 65.5 Å². The zero-order valence-electron chi connectivity index (χ0n) is 15.3. The van der Waals surface area contributed by atoms with Crippen molar-refractivity contribution in [1.29, 1.82) is 0 Å². The number of rotatable bonds is 7. The minimum absolute atomic E-state index is 0.0575. The minimum atomic E-state index is 0.0575. The van der Waals surface area contributed by atoms with Crippen molar-refractivity contribution in [2.45, 2.75) is 32.5 Å². The summed E-state index contributed by atoms with van der Waals surface area (Å²) >= 11 is 0. The molecule has 1 amide bonds. The van der Waals surface area contributed by atoms with Gasteiger partial charge in [0.2, 0.25) is 0 Å². The molecule has 1 fully saturated rings. The number of ether oxygens (including phenoxy) is 2. The maximum absolute atomic E-state index is 12.5. The van der Waals surface area contributed by atoms with Gasteiger partial charge in [0.05, 0.1) is 31.5 Å². The minimum Gasteiger partial charge on any atom is -0.376 e. The highest BCUT2D eigenvalue weighted by Gasteiger charge is 2.24. The van der Waals surface area contributed by atoms with Gasteiger partial charge in [0.25, 0.3) is 5.91 Å². The highest BCUT2D eigenvalue weighted by Crippen LogP contribution is 2.16. The van der Waals surface area contributed by atoms with Gasteiger partial charge >= 0.3 is 0 Å². The van der Waals surface area contributed by atoms with Crippen LogP contribution in [-0.2, 0) is 16.1 Å². The van der Waals surface area contributed by atoms with E-state index >= 15 is 0 Å². The van der Waals surface area contributed by atoms with E-state index in [2.05, 4.69) is 17.1 Å². The summed E-state index contributed by atoms with van der Waals surface area (Å²) < 4.78 is 11.5. The molecule has 0 saturated carbocycles. The molecule has 0 aliphatic carbocycles. The second-order valence-corrected chi connectivity index (χ2v) is 6.59. The maximum atomic E-state index is 12.5. The third-order valence-electron chi connectivity index (χ3n) is 4.58. The standard InChI is InChI=1S/C21H26N2O3/c1-17-7-8-19(15-22-17)21(24)23-11-9-20(10-12-23)26-14-13-25-16-18-5-3-2-4-6-18/h2-8,15,20H,9-14,16H2,1H3. The van der Waals surface area contributed by atoms with Crippen LogP contribution in [0.2, 0.25) is 0 Å². The first kappa shape index (κ1) is 18.5. The van der Waals surface area contributed by atoms with Gasteiger partial charge in [-0.1, -0.05) is 30.3 Å². The fourth-order valence-corrected chi connectivity index (χ4v) is 3.04. The number of aryl methyl sites for hydroxylation is 1. The average molecular weight is 354 g/mol. The molecule has 138 valence electrons. The molecule has 1 aromatic heterocycles. The zero-order valence-corrected chi connectivity index (χ0v) is 15.3. The first-order chi connectivity index (χ1) is 12.7. The van der Waals surface area contributed by atoms with Gasteiger partial charge in [-0.25, -0.2) is 0 Å². The Labute approximate surface area is 155 Å². The van der Waals surface area contributed by atoms with E-state index in [4.69, 9.17) is 9.47 Å². The third-order valence-corrected chi connectivity index (χ3v) is 4.58. The van der Waals surface area contributed by atoms with Gasteiger partial charge in [0, 0.05) is 25.0 Å². The van der Waals surface area contributed by atoms with Gasteiger partial charge in [0.15, 0.2) is 0 Å². The van der Waals surface area contributed by atoms with E-state index in [1.807, 2.05) is 42.2 Å². The van der Waals surface area contributed by atoms with Gasteiger partial charge in [-0.3, -0.25) is 9.78 Å². The van der Waals surface area contributed by atoms with Crippen LogP contribution in [0, 0.1) is 6.92 Å². The number of amides is 1. The Hall–Kier alpha value is -2.24. The van der Waals surface area contributed by atoms with Crippen LogP contribution in [0.3, 0.4) is 0 Å². The molecule has 1 aliphatic rings. The van der Waals surface area contributed by atoms with Crippen LogP contribution in [0.15, 0.2) is 48.7 Å². The van der Waals surface area contributed by atoms with Gasteiger partial charge in [0.1, 0.15) is 0 Å². The summed E-state index contributed by atoms with van der Waals surface area (Å²) in [6.07, 6.45) is 3.59. The van der Waals surface area contributed by atoms with E-state index in [1.165, 1.54) is 5.56 Å². The Bertz CT molecular complexity index is 680. The molecule has 1 aliphatic heterocycles. The number of nitrogens with zero attached hydrogens (tertiary/aromatic N) is 2. The summed E-state index contributed by atoms with van der Waals surface area (Å²) in [5.74, 6) is 0.0575. The summed E-state index contributed by atoms with van der Waals surface area (Å²) in [6, 6.07) is 13.8. The van der Waals surface area contributed by atoms with E-state index in [1.54, 1.807) is 6.20 Å². The number of benzene rings is 1. The van der Waals surface area contributed by atoms with Crippen molar-refractivity contribution < 1.29 is 14.3 Å². The second kappa shape index (κ2) is 9.46. The molecule has 1 saturated heterocycles. The van der Waals surface area contributed by atoms with Crippen molar-refractivity contribution in [2.75, 3.05) is 26.3 Å². The first-order valence-electron chi connectivity index (χ1n) is 9.17. The summed E-state index contributed by atoms with van der Waals surface area (Å²) in [5, 5.41) is 0. The number of carbonyl (C=O) groups excluding carboxylic acids is 1. The largest absolute Gasteiger partial charge is 0.376 e. The van der Waals surface area contributed by atoms with Gasteiger partial charge < -0.3 is 14.4 Å². The highest BCUT2D eigenvalue weighted by atomic mass is 16.5. The van der Waals surface area contributed by atoms with E-state index < -0.39 is 0 Å². The van der Waals surface area contributed by atoms with Crippen LogP contribution in [-0.4, -0.2) is 48.2 Å². The number of piperidine rings is 1. The molecule has 3 rings (SSSR count). The molecule has 2 heterocycles. The summed E-state index contributed by atoms with van der Waals surface area (Å²) in [4.78, 5) is 18.6. The lowest BCUT2D eigenvalue weighted by atomic mass is 10.1. The average Bonchev–Trinajstić information content (AvgIpc) is 2.69. The SMILES string of the molecule is Cc1ccc(C(=O)N2CCC(OCCOCc3ccccc3)CC2)cn1. The monoisotopic (exact) mass is 354 g/mol. The highest BCUT2D eigenvalue weighted by molar-refractivity contribution is 5.93. The van der Waals surface area contributed by atoms with Crippen molar-refractivity contribution in [1.82, 2.24) is 9.88 Å². The molecule has 5 nitrogen and oxygen atoms in total. The second-order valence-electron chi connectivity index (χ2n) is 6.59. The van der Waals surface area contributed by atoms with Crippen LogP contribution in [0.4, 0.5) is 0 Å². The molecular weight excluding hydrogens is 328 g/mol. The fraction of sp³-hybridized carbons (Fsp3) is 0.429. The van der Waals surface area contributed by atoms with Crippen LogP contribution in [0.5, 0.6) is 0 Å². The molecule has 5 heteroatoms. The number of hydrogen-bond donors (Lipinski definition) is 0. The summed E-state index contributed by atoms with van der Waals surface area (Å²) in [7, 11) is 0. The molecule has 0 N–H and O–H groups in total. The Morgan fingerprint density at radius 3 is 2.58 bits per heavy atom. The maximum Gasteiger partial charge on any atom is 0.255 e. The normalized spacial score (nSPS) is 15.2. The third kappa shape index (κ3) is 5.38. The molecule has 0 radical (unpaired) electrons. The van der Waals surface area contributed by atoms with Gasteiger partial charge in [-0.05, 0) is 37.5 Å². The van der Waals surface area contributed by atoms with Crippen LogP contribution in [0.25, 0.3) is 0 Å². The van der Waals surface area contributed by atoms with E-state index in [0.29, 0.717) is 25.4 Å². The Morgan fingerprint density at radius 2 is 1.88 bits per heavy atom. The van der Waals surface area contributed by atoms with E-state index in [9.17, 15) is 4.79 Å². The Morgan fingerprint density at radius 1 is 1.12 bits per heavy atom. The van der Waals surface area contributed by atoms with E-state index in [-0.39, 0.29) is 12.0 Å². The number of likely N-dealkylation sites (tertiary alicyclic amines) is 1. The van der Waals surface area contributed by atoms with Crippen LogP contribution in [0.1, 0.15) is 34.5 Å². The predicted molar refractivity (Wildman–Crippen MR) is 99.9 cm³/mol. The quantitative estimate of drug-likeness (QED) is 0.717. The zero-order chi connectivity index (χ0) is 18.2. The lowest BCUT2D eigenvalue weighted by Crippen LogP contribution is -2.41. The van der Waals surface area contributed by atoms with Crippen molar-refractivity contribution in [3.8, 4) is 0 Å². The van der Waals surface area contributed by atoms with Gasteiger partial charge in [-0.2, -0.15) is 0 Å².